The Morgan fingerprint density at radius 3 is 1.61 bits per heavy atom. The third kappa shape index (κ3) is 5.85. The molecule has 0 aliphatic rings. The highest BCUT2D eigenvalue weighted by molar-refractivity contribution is 5.75. The van der Waals surface area contributed by atoms with E-state index >= 15 is 0 Å². The molecule has 0 aliphatic carbocycles. The molecule has 3 heteroatoms. The van der Waals surface area contributed by atoms with Crippen LogP contribution in [0.25, 0.3) is 22.1 Å². The van der Waals surface area contributed by atoms with E-state index in [1.807, 2.05) is 54.9 Å². The molecule has 5 rings (SSSR count). The van der Waals surface area contributed by atoms with E-state index in [-0.39, 0.29) is 5.63 Å². The topological polar surface area (TPSA) is 46.0 Å². The van der Waals surface area contributed by atoms with Crippen LogP contribution in [-0.4, -0.2) is 4.98 Å². The average Bonchev–Trinajstić information content (AvgIpc) is 3.36. The number of fused-ring (bicyclic) bond motifs is 1. The second-order valence-corrected chi connectivity index (χ2v) is 5.91. The number of benzene rings is 3. The molecule has 138 valence electrons. The Bertz CT molecular complexity index is 1060. The van der Waals surface area contributed by atoms with Gasteiger partial charge in [-0.25, -0.2) is 4.79 Å². The first kappa shape index (κ1) is 18.9. The van der Waals surface area contributed by atoms with Gasteiger partial charge in [-0.05, 0) is 35.4 Å². The van der Waals surface area contributed by atoms with Gasteiger partial charge in [0, 0.05) is 23.8 Å². The first-order valence-electron chi connectivity index (χ1n) is 9.00. The Morgan fingerprint density at radius 2 is 1.07 bits per heavy atom. The van der Waals surface area contributed by atoms with Gasteiger partial charge in [-0.2, -0.15) is 0 Å². The smallest absolute Gasteiger partial charge is 0.336 e. The molecule has 0 bridgehead atoms. The number of H-pyrrole nitrogens is 1. The first-order valence-corrected chi connectivity index (χ1v) is 9.00. The zero-order chi connectivity index (χ0) is 19.4. The predicted molar refractivity (Wildman–Crippen MR) is 115 cm³/mol. The third-order valence-corrected chi connectivity index (χ3v) is 3.91. The van der Waals surface area contributed by atoms with E-state index in [4.69, 9.17) is 4.42 Å². The van der Waals surface area contributed by atoms with E-state index in [1.165, 1.54) is 17.2 Å². The summed E-state index contributed by atoms with van der Waals surface area (Å²) in [6.07, 6.45) is 3.75. The maximum atomic E-state index is 10.7. The van der Waals surface area contributed by atoms with Crippen LogP contribution in [0.3, 0.4) is 0 Å². The minimum atomic E-state index is -0.302. The van der Waals surface area contributed by atoms with Gasteiger partial charge in [0.1, 0.15) is 5.58 Å². The fraction of sp³-hybridized carbons (Fsp3) is 0. The largest absolute Gasteiger partial charge is 0.423 e. The highest BCUT2D eigenvalue weighted by atomic mass is 16.4. The number of aromatic nitrogens is 1. The summed E-state index contributed by atoms with van der Waals surface area (Å²) in [6, 6.07) is 35.3. The molecule has 0 fully saturated rings. The number of aromatic amines is 1. The maximum Gasteiger partial charge on any atom is 0.336 e. The molecule has 0 spiro atoms. The van der Waals surface area contributed by atoms with E-state index in [9.17, 15) is 4.79 Å². The van der Waals surface area contributed by atoms with Crippen LogP contribution >= 0.6 is 0 Å². The molecule has 2 heterocycles. The van der Waals surface area contributed by atoms with E-state index < -0.39 is 0 Å². The predicted octanol–water partition coefficient (Wildman–Crippen LogP) is 6.16. The molecule has 0 amide bonds. The van der Waals surface area contributed by atoms with E-state index in [2.05, 4.69) is 53.5 Å². The van der Waals surface area contributed by atoms with Gasteiger partial charge in [-0.15, -0.1) is 0 Å². The van der Waals surface area contributed by atoms with E-state index in [1.54, 1.807) is 12.1 Å². The Kier molecular flexibility index (Phi) is 6.99. The summed E-state index contributed by atoms with van der Waals surface area (Å²) in [7, 11) is 0. The molecule has 1 N–H and O–H groups in total. The Hall–Kier alpha value is -3.85. The quantitative estimate of drug-likeness (QED) is 0.361. The normalized spacial score (nSPS) is 9.57. The van der Waals surface area contributed by atoms with Crippen molar-refractivity contribution in [3.8, 4) is 11.1 Å². The molecule has 5 aromatic rings. The van der Waals surface area contributed by atoms with Crippen molar-refractivity contribution in [2.75, 3.05) is 0 Å². The van der Waals surface area contributed by atoms with Crippen LogP contribution in [0.5, 0.6) is 0 Å². The van der Waals surface area contributed by atoms with Crippen molar-refractivity contribution >= 4 is 11.0 Å². The average molecular weight is 367 g/mol. The Morgan fingerprint density at radius 1 is 0.536 bits per heavy atom. The van der Waals surface area contributed by atoms with Crippen molar-refractivity contribution < 1.29 is 4.42 Å². The second-order valence-electron chi connectivity index (χ2n) is 5.91. The molecule has 0 atom stereocenters. The molecule has 3 aromatic carbocycles. The van der Waals surface area contributed by atoms with Crippen LogP contribution in [0.15, 0.2) is 131 Å². The SMILES string of the molecule is O=c1ccc2ccccc2o1.c1cc[nH]c1.c1ccc(-c2ccccc2)cc1. The van der Waals surface area contributed by atoms with Crippen LogP contribution < -0.4 is 5.63 Å². The summed E-state index contributed by atoms with van der Waals surface area (Å²) in [5.74, 6) is 0. The summed E-state index contributed by atoms with van der Waals surface area (Å²) in [5, 5.41) is 0.951. The molecule has 0 radical (unpaired) electrons. The van der Waals surface area contributed by atoms with Crippen molar-refractivity contribution in [1.82, 2.24) is 4.98 Å². The fourth-order valence-electron chi connectivity index (χ4n) is 2.55. The summed E-state index contributed by atoms with van der Waals surface area (Å²) < 4.78 is 4.91. The fourth-order valence-corrected chi connectivity index (χ4v) is 2.55. The lowest BCUT2D eigenvalue weighted by Crippen LogP contribution is -1.93. The van der Waals surface area contributed by atoms with Gasteiger partial charge in [0.15, 0.2) is 0 Å². The highest BCUT2D eigenvalue weighted by Crippen LogP contribution is 2.17. The molecule has 0 aliphatic heterocycles. The minimum absolute atomic E-state index is 0.302. The third-order valence-electron chi connectivity index (χ3n) is 3.91. The van der Waals surface area contributed by atoms with Crippen LogP contribution in [-0.2, 0) is 0 Å². The lowest BCUT2D eigenvalue weighted by molar-refractivity contribution is 0.561. The lowest BCUT2D eigenvalue weighted by Gasteiger charge is -1.98. The number of hydrogen-bond acceptors (Lipinski definition) is 2. The van der Waals surface area contributed by atoms with Gasteiger partial charge in [-0.1, -0.05) is 78.9 Å². The highest BCUT2D eigenvalue weighted by Gasteiger charge is 1.92. The Labute approximate surface area is 163 Å². The van der Waals surface area contributed by atoms with Crippen molar-refractivity contribution in [1.29, 1.82) is 0 Å². The van der Waals surface area contributed by atoms with Gasteiger partial charge in [0.05, 0.1) is 0 Å². The second kappa shape index (κ2) is 10.3. The standard InChI is InChI=1S/C12H10.C9H6O2.C4H5N/c1-3-7-11(8-4-1)12-9-5-2-6-10-12;10-9-6-5-7-3-1-2-4-8(7)11-9;1-2-4-5-3-1/h1-10H;1-6H;1-5H. The van der Waals surface area contributed by atoms with E-state index in [0.717, 1.165) is 5.39 Å². The van der Waals surface area contributed by atoms with Crippen molar-refractivity contribution in [2.24, 2.45) is 0 Å². The van der Waals surface area contributed by atoms with E-state index in [0.29, 0.717) is 5.58 Å². The van der Waals surface area contributed by atoms with Gasteiger partial charge in [-0.3, -0.25) is 0 Å². The summed E-state index contributed by atoms with van der Waals surface area (Å²) in [4.78, 5) is 13.6. The summed E-state index contributed by atoms with van der Waals surface area (Å²) in [5.41, 5.74) is 2.89. The van der Waals surface area contributed by atoms with Gasteiger partial charge in [0.25, 0.3) is 0 Å². The molecule has 2 aromatic heterocycles. The molecular formula is C25H21NO2. The Balaban J connectivity index is 0.000000130. The molecule has 0 unspecified atom stereocenters. The van der Waals surface area contributed by atoms with Crippen LogP contribution in [0.1, 0.15) is 0 Å². The van der Waals surface area contributed by atoms with Crippen molar-refractivity contribution in [3.05, 3.63) is 132 Å². The van der Waals surface area contributed by atoms with Crippen LogP contribution in [0.4, 0.5) is 0 Å². The van der Waals surface area contributed by atoms with Gasteiger partial charge in [0.2, 0.25) is 0 Å². The van der Waals surface area contributed by atoms with Crippen LogP contribution in [0, 0.1) is 0 Å². The molecule has 28 heavy (non-hydrogen) atoms. The maximum absolute atomic E-state index is 10.7. The number of nitrogens with one attached hydrogen (secondary N) is 1. The monoisotopic (exact) mass is 367 g/mol. The number of para-hydroxylation sites is 1. The van der Waals surface area contributed by atoms with Crippen molar-refractivity contribution in [2.45, 2.75) is 0 Å². The number of rotatable bonds is 1. The van der Waals surface area contributed by atoms with Crippen molar-refractivity contribution in [3.63, 3.8) is 0 Å². The zero-order valence-electron chi connectivity index (χ0n) is 15.4. The lowest BCUT2D eigenvalue weighted by atomic mass is 10.1. The number of hydrogen-bond donors (Lipinski definition) is 1. The molecular weight excluding hydrogens is 346 g/mol. The summed E-state index contributed by atoms with van der Waals surface area (Å²) >= 11 is 0. The molecule has 0 saturated carbocycles. The minimum Gasteiger partial charge on any atom is -0.423 e. The zero-order valence-corrected chi connectivity index (χ0v) is 15.4. The molecule has 3 nitrogen and oxygen atoms in total. The molecule has 0 saturated heterocycles. The first-order chi connectivity index (χ1) is 13.8. The van der Waals surface area contributed by atoms with Crippen LogP contribution in [0.2, 0.25) is 0 Å². The van der Waals surface area contributed by atoms with Gasteiger partial charge >= 0.3 is 5.63 Å². The summed E-state index contributed by atoms with van der Waals surface area (Å²) in [6.45, 7) is 0. The van der Waals surface area contributed by atoms with Gasteiger partial charge < -0.3 is 9.40 Å².